The summed E-state index contributed by atoms with van der Waals surface area (Å²) in [5.41, 5.74) is -1.10. The van der Waals surface area contributed by atoms with Crippen molar-refractivity contribution in [3.05, 3.63) is 30.3 Å². The predicted octanol–water partition coefficient (Wildman–Crippen LogP) is 2.24. The van der Waals surface area contributed by atoms with E-state index in [4.69, 9.17) is 9.47 Å². The molecule has 1 atom stereocenters. The Morgan fingerprint density at radius 3 is 2.46 bits per heavy atom. The lowest BCUT2D eigenvalue weighted by Crippen LogP contribution is -2.64. The van der Waals surface area contributed by atoms with Gasteiger partial charge >= 0.3 is 6.09 Å². The van der Waals surface area contributed by atoms with Gasteiger partial charge in [0.15, 0.2) is 9.84 Å². The van der Waals surface area contributed by atoms with Crippen LogP contribution in [0.4, 0.5) is 4.79 Å². The van der Waals surface area contributed by atoms with Gasteiger partial charge in [-0.3, -0.25) is 0 Å². The lowest BCUT2D eigenvalue weighted by atomic mass is 9.91. The molecule has 132 valence electrons. The van der Waals surface area contributed by atoms with Gasteiger partial charge in [-0.15, -0.1) is 0 Å². The zero-order valence-corrected chi connectivity index (χ0v) is 15.0. The van der Waals surface area contributed by atoms with Gasteiger partial charge in [0, 0.05) is 0 Å². The van der Waals surface area contributed by atoms with Crippen molar-refractivity contribution in [3.63, 3.8) is 0 Å². The van der Waals surface area contributed by atoms with Gasteiger partial charge in [-0.25, -0.2) is 13.2 Å². The van der Waals surface area contributed by atoms with Crippen LogP contribution in [0.25, 0.3) is 0 Å². The van der Waals surface area contributed by atoms with E-state index in [1.807, 2.05) is 20.8 Å². The van der Waals surface area contributed by atoms with Crippen molar-refractivity contribution in [2.75, 3.05) is 19.7 Å². The van der Waals surface area contributed by atoms with E-state index in [0.717, 1.165) is 0 Å². The molecule has 2 heterocycles. The molecular formula is C17H23NO5S. The topological polar surface area (TPSA) is 72.9 Å². The first-order valence-electron chi connectivity index (χ1n) is 8.02. The van der Waals surface area contributed by atoms with Gasteiger partial charge in [0.1, 0.15) is 11.2 Å². The first kappa shape index (κ1) is 17.2. The smallest absolute Gasteiger partial charge is 0.410 e. The van der Waals surface area contributed by atoms with E-state index in [9.17, 15) is 13.2 Å². The number of amides is 1. The number of carbonyl (C=O) groups excluding carboxylic acids is 1. The normalized spacial score (nSPS) is 23.1. The number of carbonyl (C=O) groups is 1. The average Bonchev–Trinajstić information content (AvgIpc) is 2.91. The van der Waals surface area contributed by atoms with Crippen LogP contribution in [0.1, 0.15) is 27.2 Å². The largest absolute Gasteiger partial charge is 0.444 e. The molecule has 0 saturated carbocycles. The van der Waals surface area contributed by atoms with Crippen molar-refractivity contribution < 1.29 is 22.7 Å². The lowest BCUT2D eigenvalue weighted by Gasteiger charge is -2.46. The Hall–Kier alpha value is -1.60. The molecule has 2 aliphatic rings. The summed E-state index contributed by atoms with van der Waals surface area (Å²) in [6.45, 7) is 6.36. The molecule has 24 heavy (non-hydrogen) atoms. The highest BCUT2D eigenvalue weighted by molar-refractivity contribution is 7.92. The summed E-state index contributed by atoms with van der Waals surface area (Å²) >= 11 is 0. The molecule has 7 heteroatoms. The van der Waals surface area contributed by atoms with Crippen LogP contribution in [0, 0.1) is 0 Å². The second kappa shape index (κ2) is 5.74. The predicted molar refractivity (Wildman–Crippen MR) is 88.5 cm³/mol. The molecular weight excluding hydrogens is 330 g/mol. The van der Waals surface area contributed by atoms with Gasteiger partial charge < -0.3 is 14.4 Å². The highest BCUT2D eigenvalue weighted by Crippen LogP contribution is 2.39. The van der Waals surface area contributed by atoms with E-state index in [1.54, 1.807) is 35.2 Å². The zero-order chi connectivity index (χ0) is 17.6. The third-order valence-electron chi connectivity index (χ3n) is 4.30. The maximum absolute atomic E-state index is 12.7. The van der Waals surface area contributed by atoms with Gasteiger partial charge in [0.25, 0.3) is 0 Å². The molecule has 0 aliphatic carbocycles. The number of ether oxygens (including phenoxy) is 2. The highest BCUT2D eigenvalue weighted by Gasteiger charge is 2.54. The van der Waals surface area contributed by atoms with Gasteiger partial charge in [-0.05, 0) is 39.3 Å². The molecule has 2 saturated heterocycles. The number of hydrogen-bond acceptors (Lipinski definition) is 5. The van der Waals surface area contributed by atoms with Crippen molar-refractivity contribution in [1.29, 1.82) is 0 Å². The molecule has 6 nitrogen and oxygen atoms in total. The average molecular weight is 353 g/mol. The fourth-order valence-corrected chi connectivity index (χ4v) is 4.82. The van der Waals surface area contributed by atoms with Crippen LogP contribution in [0.2, 0.25) is 0 Å². The Bertz CT molecular complexity index is 717. The summed E-state index contributed by atoms with van der Waals surface area (Å²) in [6, 6.07) is 8.43. The van der Waals surface area contributed by atoms with Gasteiger partial charge in [-0.1, -0.05) is 18.2 Å². The van der Waals surface area contributed by atoms with Crippen LogP contribution in [0.3, 0.4) is 0 Å². The second-order valence-corrected chi connectivity index (χ2v) is 9.74. The third-order valence-corrected chi connectivity index (χ3v) is 6.41. The van der Waals surface area contributed by atoms with Crippen LogP contribution in [0.15, 0.2) is 35.2 Å². The van der Waals surface area contributed by atoms with Crippen molar-refractivity contribution in [2.45, 2.75) is 48.5 Å². The fourth-order valence-electron chi connectivity index (χ4n) is 3.13. The molecule has 3 rings (SSSR count). The lowest BCUT2D eigenvalue weighted by molar-refractivity contribution is -0.109. The number of sulfone groups is 1. The number of rotatable bonds is 2. The van der Waals surface area contributed by atoms with E-state index >= 15 is 0 Å². The van der Waals surface area contributed by atoms with Gasteiger partial charge in [0.2, 0.25) is 0 Å². The Morgan fingerprint density at radius 2 is 1.88 bits per heavy atom. The van der Waals surface area contributed by atoms with Gasteiger partial charge in [0.05, 0.1) is 29.8 Å². The molecule has 0 N–H and O–H groups in total. The first-order valence-corrected chi connectivity index (χ1v) is 9.57. The SMILES string of the molecule is CC(C)(C)OC(=O)N1CC2(CC(S(=O)(=O)c3ccccc3)CO2)C1. The van der Waals surface area contributed by atoms with Crippen LogP contribution < -0.4 is 0 Å². The molecule has 1 spiro atoms. The van der Waals surface area contributed by atoms with Crippen molar-refractivity contribution in [1.82, 2.24) is 4.90 Å². The number of likely N-dealkylation sites (tertiary alicyclic amines) is 1. The van der Waals surface area contributed by atoms with Crippen molar-refractivity contribution in [3.8, 4) is 0 Å². The summed E-state index contributed by atoms with van der Waals surface area (Å²) in [4.78, 5) is 13.9. The third kappa shape index (κ3) is 3.28. The molecule has 0 radical (unpaired) electrons. The molecule has 2 aliphatic heterocycles. The van der Waals surface area contributed by atoms with Gasteiger partial charge in [-0.2, -0.15) is 0 Å². The zero-order valence-electron chi connectivity index (χ0n) is 14.2. The standard InChI is InChI=1S/C17H23NO5S/c1-16(2,3)23-15(19)18-11-17(12-18)9-14(10-22-17)24(20,21)13-7-5-4-6-8-13/h4-8,14H,9-12H2,1-3H3. The van der Waals surface area contributed by atoms with Crippen LogP contribution >= 0.6 is 0 Å². The molecule has 2 fully saturated rings. The second-order valence-electron chi connectivity index (χ2n) is 7.51. The van der Waals surface area contributed by atoms with E-state index in [0.29, 0.717) is 24.4 Å². The number of nitrogens with zero attached hydrogens (tertiary/aromatic N) is 1. The molecule has 1 aromatic carbocycles. The Labute approximate surface area is 142 Å². The maximum atomic E-state index is 12.7. The van der Waals surface area contributed by atoms with Crippen LogP contribution in [0.5, 0.6) is 0 Å². The van der Waals surface area contributed by atoms with Crippen LogP contribution in [-0.2, 0) is 19.3 Å². The summed E-state index contributed by atoms with van der Waals surface area (Å²) in [7, 11) is -3.41. The maximum Gasteiger partial charge on any atom is 0.410 e. The Morgan fingerprint density at radius 1 is 1.25 bits per heavy atom. The van der Waals surface area contributed by atoms with Crippen molar-refractivity contribution in [2.24, 2.45) is 0 Å². The molecule has 1 amide bonds. The van der Waals surface area contributed by atoms with Crippen LogP contribution in [-0.4, -0.2) is 55.6 Å². The highest BCUT2D eigenvalue weighted by atomic mass is 32.2. The minimum absolute atomic E-state index is 0.166. The van der Waals surface area contributed by atoms with Crippen molar-refractivity contribution >= 4 is 15.9 Å². The number of benzene rings is 1. The fraction of sp³-hybridized carbons (Fsp3) is 0.588. The molecule has 0 aromatic heterocycles. The molecule has 0 bridgehead atoms. The van der Waals surface area contributed by atoms with E-state index < -0.39 is 26.3 Å². The minimum atomic E-state index is -3.41. The molecule has 1 aromatic rings. The minimum Gasteiger partial charge on any atom is -0.444 e. The van der Waals surface area contributed by atoms with E-state index in [2.05, 4.69) is 0 Å². The summed E-state index contributed by atoms with van der Waals surface area (Å²) in [6.07, 6.45) is 0.0230. The summed E-state index contributed by atoms with van der Waals surface area (Å²) in [5, 5.41) is -0.569. The number of hydrogen-bond donors (Lipinski definition) is 0. The first-order chi connectivity index (χ1) is 11.1. The Balaban J connectivity index is 1.62. The molecule has 1 unspecified atom stereocenters. The quantitative estimate of drug-likeness (QED) is 0.815. The van der Waals surface area contributed by atoms with E-state index in [-0.39, 0.29) is 12.7 Å². The summed E-state index contributed by atoms with van der Waals surface area (Å²) < 4.78 is 36.5. The summed E-state index contributed by atoms with van der Waals surface area (Å²) in [5.74, 6) is 0. The Kier molecular flexibility index (Phi) is 4.12. The van der Waals surface area contributed by atoms with E-state index in [1.165, 1.54) is 0 Å². The monoisotopic (exact) mass is 353 g/mol.